The topological polar surface area (TPSA) is 49.2 Å². The molecule has 4 nitrogen and oxygen atoms in total. The van der Waals surface area contributed by atoms with Gasteiger partial charge < -0.3 is 5.11 Å². The highest BCUT2D eigenvalue weighted by molar-refractivity contribution is 7.13. The fraction of sp³-hybridized carbons (Fsp3) is 0.467. The Morgan fingerprint density at radius 3 is 2.61 bits per heavy atom. The maximum atomic E-state index is 12.8. The van der Waals surface area contributed by atoms with Crippen molar-refractivity contribution in [2.24, 2.45) is 0 Å². The molecule has 0 spiro atoms. The molecule has 2 aromatic rings. The Hall–Kier alpha value is -1.51. The van der Waals surface area contributed by atoms with E-state index >= 15 is 0 Å². The molecule has 23 heavy (non-hydrogen) atoms. The second-order valence-corrected chi connectivity index (χ2v) is 6.52. The summed E-state index contributed by atoms with van der Waals surface area (Å²) in [6.45, 7) is 0.885. The molecular formula is C15H16F3N3OS. The Morgan fingerprint density at radius 1 is 1.26 bits per heavy atom. The Balaban J connectivity index is 1.61. The highest BCUT2D eigenvalue weighted by Crippen LogP contribution is 2.38. The number of hydrogen-bond donors (Lipinski definition) is 1. The van der Waals surface area contributed by atoms with Gasteiger partial charge in [-0.3, -0.25) is 9.88 Å². The Bertz CT molecular complexity index is 651. The minimum atomic E-state index is -4.56. The van der Waals surface area contributed by atoms with Gasteiger partial charge in [0.25, 0.3) is 0 Å². The van der Waals surface area contributed by atoms with Gasteiger partial charge in [0.05, 0.1) is 11.4 Å². The maximum Gasteiger partial charge on any atom is 0.417 e. The summed E-state index contributed by atoms with van der Waals surface area (Å²) in [6.07, 6.45) is -3.47. The van der Waals surface area contributed by atoms with Crippen molar-refractivity contribution in [2.75, 3.05) is 13.1 Å². The first-order chi connectivity index (χ1) is 10.9. The lowest BCUT2D eigenvalue weighted by Crippen LogP contribution is -2.53. The number of pyridine rings is 1. The second-order valence-electron chi connectivity index (χ2n) is 5.66. The predicted molar refractivity (Wildman–Crippen MR) is 80.9 cm³/mol. The molecule has 1 fully saturated rings. The van der Waals surface area contributed by atoms with Crippen molar-refractivity contribution in [3.63, 3.8) is 0 Å². The van der Waals surface area contributed by atoms with Crippen LogP contribution in [0.15, 0.2) is 29.8 Å². The summed E-state index contributed by atoms with van der Waals surface area (Å²) >= 11 is 1.47. The minimum absolute atomic E-state index is 0.201. The van der Waals surface area contributed by atoms with Crippen LogP contribution < -0.4 is 0 Å². The lowest BCUT2D eigenvalue weighted by atomic mass is 9.91. The van der Waals surface area contributed by atoms with E-state index in [4.69, 9.17) is 0 Å². The number of piperidine rings is 1. The summed E-state index contributed by atoms with van der Waals surface area (Å²) in [5, 5.41) is 12.4. The van der Waals surface area contributed by atoms with E-state index in [1.807, 2.05) is 28.5 Å². The van der Waals surface area contributed by atoms with E-state index in [0.29, 0.717) is 6.54 Å². The number of halogens is 3. The van der Waals surface area contributed by atoms with Gasteiger partial charge in [-0.2, -0.15) is 13.2 Å². The Labute approximate surface area is 135 Å². The summed E-state index contributed by atoms with van der Waals surface area (Å²) in [7, 11) is 0. The van der Waals surface area contributed by atoms with Crippen molar-refractivity contribution >= 4 is 11.3 Å². The summed E-state index contributed by atoms with van der Waals surface area (Å²) in [5.41, 5.74) is -0.952. The smallest absolute Gasteiger partial charge is 0.380 e. The number of rotatable bonds is 3. The SMILES string of the molecule is OC1(C(F)(F)F)CCN(Cc2csc(-c3ccccn3)n2)CC1. The molecule has 8 heteroatoms. The maximum absolute atomic E-state index is 12.8. The number of likely N-dealkylation sites (tertiary alicyclic amines) is 1. The molecule has 1 aliphatic heterocycles. The molecule has 0 amide bonds. The van der Waals surface area contributed by atoms with Crippen molar-refractivity contribution in [1.82, 2.24) is 14.9 Å². The van der Waals surface area contributed by atoms with Crippen LogP contribution in [0.2, 0.25) is 0 Å². The van der Waals surface area contributed by atoms with Crippen LogP contribution in [-0.4, -0.2) is 44.8 Å². The van der Waals surface area contributed by atoms with Crippen LogP contribution in [0.5, 0.6) is 0 Å². The van der Waals surface area contributed by atoms with Gasteiger partial charge in [-0.25, -0.2) is 4.98 Å². The van der Waals surface area contributed by atoms with Gasteiger partial charge in [0.1, 0.15) is 5.01 Å². The van der Waals surface area contributed by atoms with E-state index in [1.165, 1.54) is 11.3 Å². The largest absolute Gasteiger partial charge is 0.417 e. The fourth-order valence-electron chi connectivity index (χ4n) is 2.58. The van der Waals surface area contributed by atoms with E-state index in [1.54, 1.807) is 6.20 Å². The van der Waals surface area contributed by atoms with E-state index in [0.717, 1.165) is 16.4 Å². The van der Waals surface area contributed by atoms with E-state index < -0.39 is 11.8 Å². The minimum Gasteiger partial charge on any atom is -0.380 e. The van der Waals surface area contributed by atoms with Crippen molar-refractivity contribution in [3.05, 3.63) is 35.5 Å². The highest BCUT2D eigenvalue weighted by atomic mass is 32.1. The lowest BCUT2D eigenvalue weighted by molar-refractivity contribution is -0.272. The van der Waals surface area contributed by atoms with Gasteiger partial charge >= 0.3 is 6.18 Å². The van der Waals surface area contributed by atoms with Crippen molar-refractivity contribution in [3.8, 4) is 10.7 Å². The van der Waals surface area contributed by atoms with Gasteiger partial charge in [0.15, 0.2) is 5.60 Å². The average molecular weight is 343 g/mol. The normalized spacial score (nSPS) is 19.0. The van der Waals surface area contributed by atoms with Gasteiger partial charge in [-0.15, -0.1) is 11.3 Å². The van der Waals surface area contributed by atoms with E-state index in [9.17, 15) is 18.3 Å². The molecule has 0 unspecified atom stereocenters. The Kier molecular flexibility index (Phi) is 4.39. The number of thiazole rings is 1. The monoisotopic (exact) mass is 343 g/mol. The van der Waals surface area contributed by atoms with E-state index in [2.05, 4.69) is 9.97 Å². The lowest BCUT2D eigenvalue weighted by Gasteiger charge is -2.38. The molecule has 0 radical (unpaired) electrons. The van der Waals surface area contributed by atoms with Crippen molar-refractivity contribution < 1.29 is 18.3 Å². The van der Waals surface area contributed by atoms with Gasteiger partial charge in [-0.1, -0.05) is 6.07 Å². The molecule has 0 bridgehead atoms. The molecule has 0 saturated carbocycles. The van der Waals surface area contributed by atoms with Crippen LogP contribution in [0.3, 0.4) is 0 Å². The van der Waals surface area contributed by atoms with Crippen LogP contribution in [-0.2, 0) is 6.54 Å². The first kappa shape index (κ1) is 16.4. The summed E-state index contributed by atoms with van der Waals surface area (Å²) in [6, 6.07) is 5.58. The molecule has 2 aromatic heterocycles. The first-order valence-electron chi connectivity index (χ1n) is 7.25. The van der Waals surface area contributed by atoms with Gasteiger partial charge in [-0.05, 0) is 25.0 Å². The van der Waals surface area contributed by atoms with Crippen molar-refractivity contribution in [2.45, 2.75) is 31.2 Å². The zero-order chi connectivity index (χ0) is 16.5. The molecular weight excluding hydrogens is 327 g/mol. The average Bonchev–Trinajstić information content (AvgIpc) is 2.98. The number of hydrogen-bond acceptors (Lipinski definition) is 5. The quantitative estimate of drug-likeness (QED) is 0.930. The molecule has 1 aliphatic rings. The summed E-state index contributed by atoms with van der Waals surface area (Å²) < 4.78 is 38.4. The van der Waals surface area contributed by atoms with Gasteiger partial charge in [0, 0.05) is 31.2 Å². The zero-order valence-electron chi connectivity index (χ0n) is 12.3. The third kappa shape index (κ3) is 3.54. The van der Waals surface area contributed by atoms with Crippen molar-refractivity contribution in [1.29, 1.82) is 0 Å². The molecule has 1 N–H and O–H groups in total. The standard InChI is InChI=1S/C15H16F3N3OS/c16-15(17,18)14(22)4-7-21(8-5-14)9-11-10-23-13(20-11)12-3-1-2-6-19-12/h1-3,6,10,22H,4-5,7-9H2. The summed E-state index contributed by atoms with van der Waals surface area (Å²) in [4.78, 5) is 10.6. The second kappa shape index (κ2) is 6.18. The molecule has 3 heterocycles. The number of aliphatic hydroxyl groups is 1. The highest BCUT2D eigenvalue weighted by Gasteiger charge is 2.54. The molecule has 0 aromatic carbocycles. The number of nitrogens with zero attached hydrogens (tertiary/aromatic N) is 3. The number of alkyl halides is 3. The van der Waals surface area contributed by atoms with Crippen LogP contribution in [0, 0.1) is 0 Å². The van der Waals surface area contributed by atoms with Crippen LogP contribution in [0.4, 0.5) is 13.2 Å². The third-order valence-corrected chi connectivity index (χ3v) is 4.95. The molecule has 1 saturated heterocycles. The Morgan fingerprint density at radius 2 is 2.00 bits per heavy atom. The van der Waals surface area contributed by atoms with E-state index in [-0.39, 0.29) is 25.9 Å². The number of aromatic nitrogens is 2. The zero-order valence-corrected chi connectivity index (χ0v) is 13.1. The molecule has 3 rings (SSSR count). The molecule has 0 aliphatic carbocycles. The summed E-state index contributed by atoms with van der Waals surface area (Å²) in [5.74, 6) is 0. The van der Waals surface area contributed by atoms with Crippen LogP contribution in [0.1, 0.15) is 18.5 Å². The predicted octanol–water partition coefficient (Wildman–Crippen LogP) is 3.09. The molecule has 124 valence electrons. The van der Waals surface area contributed by atoms with Crippen LogP contribution >= 0.6 is 11.3 Å². The third-order valence-electron chi connectivity index (χ3n) is 4.03. The fourth-order valence-corrected chi connectivity index (χ4v) is 3.37. The van der Waals surface area contributed by atoms with Crippen LogP contribution in [0.25, 0.3) is 10.7 Å². The molecule has 0 atom stereocenters. The van der Waals surface area contributed by atoms with Gasteiger partial charge in [0.2, 0.25) is 0 Å². The first-order valence-corrected chi connectivity index (χ1v) is 8.13.